The van der Waals surface area contributed by atoms with Gasteiger partial charge >= 0.3 is 0 Å². The van der Waals surface area contributed by atoms with Crippen LogP contribution < -0.4 is 15.0 Å². The number of carbonyl (C=O) groups excluding carboxylic acids is 2. The van der Waals surface area contributed by atoms with Gasteiger partial charge in [-0.05, 0) is 30.5 Å². The second-order valence-electron chi connectivity index (χ2n) is 6.82. The number of benzene rings is 2. The number of nitrogens with zero attached hydrogens (tertiary/aromatic N) is 2. The van der Waals surface area contributed by atoms with Crippen LogP contribution in [-0.2, 0) is 9.59 Å². The van der Waals surface area contributed by atoms with Gasteiger partial charge in [0.15, 0.2) is 4.34 Å². The Kier molecular flexibility index (Phi) is 6.06. The first kappa shape index (κ1) is 20.4. The van der Waals surface area contributed by atoms with Crippen LogP contribution in [0.4, 0.5) is 10.7 Å². The molecule has 0 spiro atoms. The molecule has 0 radical (unpaired) electrons. The Bertz CT molecular complexity index is 1050. The minimum Gasteiger partial charge on any atom is -0.497 e. The molecule has 30 heavy (non-hydrogen) atoms. The number of ether oxygens (including phenoxy) is 1. The van der Waals surface area contributed by atoms with Crippen LogP contribution in [0.2, 0.25) is 0 Å². The summed E-state index contributed by atoms with van der Waals surface area (Å²) in [6.45, 7) is 0.353. The lowest BCUT2D eigenvalue weighted by molar-refractivity contribution is -0.122. The maximum absolute atomic E-state index is 13.0. The Labute approximate surface area is 183 Å². The van der Waals surface area contributed by atoms with Crippen LogP contribution in [0.3, 0.4) is 0 Å². The Balaban J connectivity index is 1.51. The number of amides is 2. The monoisotopic (exact) mass is 439 g/mol. The molecule has 154 valence electrons. The molecule has 2 heterocycles. The fraction of sp³-hybridized carbons (Fsp3) is 0.227. The van der Waals surface area contributed by atoms with Crippen molar-refractivity contribution in [2.45, 2.75) is 10.8 Å². The summed E-state index contributed by atoms with van der Waals surface area (Å²) in [4.78, 5) is 31.8. The number of hydrogen-bond acceptors (Lipinski definition) is 6. The highest BCUT2D eigenvalue weighted by atomic mass is 32.2. The SMILES string of the molecule is COc1ccc(N2CC(C(=O)Nc3sc(SC)nc3-c3ccccc3)CC2=O)cc1. The molecule has 0 saturated carbocycles. The van der Waals surface area contributed by atoms with Gasteiger partial charge in [0.25, 0.3) is 0 Å². The summed E-state index contributed by atoms with van der Waals surface area (Å²) in [6.07, 6.45) is 2.15. The van der Waals surface area contributed by atoms with Gasteiger partial charge in [0.1, 0.15) is 16.4 Å². The van der Waals surface area contributed by atoms with Gasteiger partial charge in [-0.1, -0.05) is 53.4 Å². The molecule has 4 rings (SSSR count). The molecular weight excluding hydrogens is 418 g/mol. The molecule has 6 nitrogen and oxygen atoms in total. The highest BCUT2D eigenvalue weighted by Crippen LogP contribution is 2.37. The molecule has 8 heteroatoms. The average Bonchev–Trinajstić information content (AvgIpc) is 3.38. The van der Waals surface area contributed by atoms with Crippen molar-refractivity contribution < 1.29 is 14.3 Å². The molecule has 1 N–H and O–H groups in total. The van der Waals surface area contributed by atoms with Gasteiger partial charge in [0, 0.05) is 24.2 Å². The molecule has 3 aromatic rings. The quantitative estimate of drug-likeness (QED) is 0.571. The Morgan fingerprint density at radius 3 is 2.60 bits per heavy atom. The lowest BCUT2D eigenvalue weighted by atomic mass is 10.1. The Morgan fingerprint density at radius 1 is 1.20 bits per heavy atom. The molecule has 0 bridgehead atoms. The van der Waals surface area contributed by atoms with Crippen molar-refractivity contribution in [2.75, 3.05) is 30.1 Å². The minimum absolute atomic E-state index is 0.0577. The van der Waals surface area contributed by atoms with Crippen LogP contribution >= 0.6 is 23.1 Å². The lowest BCUT2D eigenvalue weighted by Crippen LogP contribution is -2.28. The lowest BCUT2D eigenvalue weighted by Gasteiger charge is -2.17. The fourth-order valence-corrected chi connectivity index (χ4v) is 4.86. The van der Waals surface area contributed by atoms with Gasteiger partial charge in [-0.15, -0.1) is 0 Å². The summed E-state index contributed by atoms with van der Waals surface area (Å²) >= 11 is 2.99. The average molecular weight is 440 g/mol. The topological polar surface area (TPSA) is 71.5 Å². The number of carbonyl (C=O) groups is 2. The molecule has 2 amide bonds. The van der Waals surface area contributed by atoms with Crippen LogP contribution in [0.25, 0.3) is 11.3 Å². The molecule has 1 aromatic heterocycles. The molecule has 1 fully saturated rings. The zero-order valence-corrected chi connectivity index (χ0v) is 18.3. The first-order valence-electron chi connectivity index (χ1n) is 9.44. The van der Waals surface area contributed by atoms with Gasteiger partial charge in [0.2, 0.25) is 11.8 Å². The van der Waals surface area contributed by atoms with E-state index in [0.29, 0.717) is 11.5 Å². The van der Waals surface area contributed by atoms with Crippen LogP contribution in [0.1, 0.15) is 6.42 Å². The second-order valence-corrected chi connectivity index (χ2v) is 8.87. The largest absolute Gasteiger partial charge is 0.497 e. The number of rotatable bonds is 6. The number of anilines is 2. The number of thiazole rings is 1. The normalized spacial score (nSPS) is 16.0. The third-order valence-corrected chi connectivity index (χ3v) is 6.90. The molecule has 1 aliphatic rings. The van der Waals surface area contributed by atoms with E-state index in [1.165, 1.54) is 11.3 Å². The van der Waals surface area contributed by atoms with Crippen LogP contribution in [0, 0.1) is 5.92 Å². The van der Waals surface area contributed by atoms with E-state index in [9.17, 15) is 9.59 Å². The highest BCUT2D eigenvalue weighted by Gasteiger charge is 2.35. The van der Waals surface area contributed by atoms with E-state index in [-0.39, 0.29) is 18.2 Å². The molecule has 2 aromatic carbocycles. The van der Waals surface area contributed by atoms with Crippen LogP contribution in [0.5, 0.6) is 5.75 Å². The molecule has 1 saturated heterocycles. The van der Waals surface area contributed by atoms with E-state index in [1.54, 1.807) is 23.8 Å². The van der Waals surface area contributed by atoms with Gasteiger partial charge in [0.05, 0.1) is 13.0 Å². The smallest absolute Gasteiger partial charge is 0.230 e. The fourth-order valence-electron chi connectivity index (χ4n) is 3.37. The third-order valence-electron chi connectivity index (χ3n) is 4.95. The van der Waals surface area contributed by atoms with Gasteiger partial charge in [-0.2, -0.15) is 0 Å². The summed E-state index contributed by atoms with van der Waals surface area (Å²) < 4.78 is 6.05. The van der Waals surface area contributed by atoms with E-state index in [4.69, 9.17) is 4.74 Å². The number of hydrogen-bond donors (Lipinski definition) is 1. The summed E-state index contributed by atoms with van der Waals surface area (Å²) in [5.74, 6) is 0.0940. The van der Waals surface area contributed by atoms with Crippen molar-refractivity contribution in [3.8, 4) is 17.0 Å². The molecule has 0 aliphatic carbocycles. The number of methoxy groups -OCH3 is 1. The van der Waals surface area contributed by atoms with Crippen LogP contribution in [-0.4, -0.2) is 36.7 Å². The van der Waals surface area contributed by atoms with E-state index < -0.39 is 5.92 Å². The molecule has 1 atom stereocenters. The highest BCUT2D eigenvalue weighted by molar-refractivity contribution is 8.00. The first-order chi connectivity index (χ1) is 14.6. The summed E-state index contributed by atoms with van der Waals surface area (Å²) in [5.41, 5.74) is 2.48. The zero-order valence-electron chi connectivity index (χ0n) is 16.6. The van der Waals surface area contributed by atoms with Crippen molar-refractivity contribution in [3.05, 3.63) is 54.6 Å². The maximum atomic E-state index is 13.0. The Hall–Kier alpha value is -2.84. The molecular formula is C22H21N3O3S2. The van der Waals surface area contributed by atoms with Crippen LogP contribution in [0.15, 0.2) is 58.9 Å². The summed E-state index contributed by atoms with van der Waals surface area (Å²) in [7, 11) is 1.60. The van der Waals surface area contributed by atoms with Crippen molar-refractivity contribution >= 4 is 45.6 Å². The standard InChI is InChI=1S/C22H21N3O3S2/c1-28-17-10-8-16(9-11-17)25-13-15(12-18(25)26)20(27)24-21-19(23-22(29-2)30-21)14-6-4-3-5-7-14/h3-11,15H,12-13H2,1-2H3,(H,24,27). The second kappa shape index (κ2) is 8.89. The van der Waals surface area contributed by atoms with Crippen molar-refractivity contribution in [1.82, 2.24) is 4.98 Å². The van der Waals surface area contributed by atoms with Crippen molar-refractivity contribution in [1.29, 1.82) is 0 Å². The summed E-state index contributed by atoms with van der Waals surface area (Å²) in [5, 5.41) is 3.74. The minimum atomic E-state index is -0.414. The van der Waals surface area contributed by atoms with E-state index >= 15 is 0 Å². The van der Waals surface area contributed by atoms with Crippen molar-refractivity contribution in [2.24, 2.45) is 5.92 Å². The van der Waals surface area contributed by atoms with Gasteiger partial charge < -0.3 is 15.0 Å². The first-order valence-corrected chi connectivity index (χ1v) is 11.5. The van der Waals surface area contributed by atoms with E-state index in [0.717, 1.165) is 27.0 Å². The maximum Gasteiger partial charge on any atom is 0.230 e. The third kappa shape index (κ3) is 4.20. The van der Waals surface area contributed by atoms with E-state index in [2.05, 4.69) is 10.3 Å². The zero-order chi connectivity index (χ0) is 21.1. The van der Waals surface area contributed by atoms with Gasteiger partial charge in [-0.25, -0.2) is 4.98 Å². The number of nitrogens with one attached hydrogen (secondary N) is 1. The number of aromatic nitrogens is 1. The predicted octanol–water partition coefficient (Wildman–Crippen LogP) is 4.53. The van der Waals surface area contributed by atoms with Gasteiger partial charge in [-0.3, -0.25) is 9.59 Å². The molecule has 1 unspecified atom stereocenters. The number of thioether (sulfide) groups is 1. The molecule has 1 aliphatic heterocycles. The summed E-state index contributed by atoms with van der Waals surface area (Å²) in [6, 6.07) is 17.1. The van der Waals surface area contributed by atoms with Crippen molar-refractivity contribution in [3.63, 3.8) is 0 Å². The van der Waals surface area contributed by atoms with E-state index in [1.807, 2.05) is 60.9 Å². The predicted molar refractivity (Wildman–Crippen MR) is 121 cm³/mol. The Morgan fingerprint density at radius 2 is 1.93 bits per heavy atom.